The van der Waals surface area contributed by atoms with Crippen LogP contribution in [0.3, 0.4) is 0 Å². The molecule has 1 rings (SSSR count). The minimum absolute atomic E-state index is 0.171. The molecule has 0 saturated heterocycles. The number of hydrogen-bond donors (Lipinski definition) is 3. The van der Waals surface area contributed by atoms with Crippen molar-refractivity contribution >= 4 is 0 Å². The van der Waals surface area contributed by atoms with Crippen LogP contribution in [-0.2, 0) is 11.3 Å². The van der Waals surface area contributed by atoms with Crippen LogP contribution in [0.25, 0.3) is 0 Å². The number of halogens is 2. The molecule has 0 aromatic heterocycles. The molecule has 0 saturated carbocycles. The third-order valence-corrected chi connectivity index (χ3v) is 2.08. The van der Waals surface area contributed by atoms with Gasteiger partial charge in [-0.2, -0.15) is 0 Å². The SMILES string of the molecule is Oc1cccc(CNCCOCC(F)F)c1O. The third-order valence-electron chi connectivity index (χ3n) is 2.08. The average molecular weight is 247 g/mol. The summed E-state index contributed by atoms with van der Waals surface area (Å²) in [7, 11) is 0. The number of phenols is 2. The normalized spacial score (nSPS) is 11.0. The van der Waals surface area contributed by atoms with E-state index in [-0.39, 0.29) is 18.1 Å². The maximum Gasteiger partial charge on any atom is 0.261 e. The third kappa shape index (κ3) is 4.97. The average Bonchev–Trinajstić information content (AvgIpc) is 2.28. The Morgan fingerprint density at radius 3 is 2.76 bits per heavy atom. The van der Waals surface area contributed by atoms with E-state index in [1.807, 2.05) is 0 Å². The van der Waals surface area contributed by atoms with E-state index < -0.39 is 13.0 Å². The second-order valence-electron chi connectivity index (χ2n) is 3.43. The number of alkyl halides is 2. The summed E-state index contributed by atoms with van der Waals surface area (Å²) >= 11 is 0. The van der Waals surface area contributed by atoms with Gasteiger partial charge in [0.1, 0.15) is 6.61 Å². The lowest BCUT2D eigenvalue weighted by Crippen LogP contribution is -2.20. The Bertz CT molecular complexity index is 347. The van der Waals surface area contributed by atoms with Crippen molar-refractivity contribution in [2.24, 2.45) is 0 Å². The summed E-state index contributed by atoms with van der Waals surface area (Å²) in [5, 5.41) is 21.6. The molecule has 17 heavy (non-hydrogen) atoms. The molecule has 1 aromatic carbocycles. The number of aromatic hydroxyl groups is 2. The van der Waals surface area contributed by atoms with Gasteiger partial charge in [-0.25, -0.2) is 8.78 Å². The van der Waals surface area contributed by atoms with Crippen molar-refractivity contribution in [3.05, 3.63) is 23.8 Å². The lowest BCUT2D eigenvalue weighted by molar-refractivity contribution is 0.0187. The molecule has 0 aliphatic carbocycles. The molecule has 6 heteroatoms. The van der Waals surface area contributed by atoms with Crippen molar-refractivity contribution in [2.45, 2.75) is 13.0 Å². The maximum absolute atomic E-state index is 11.7. The molecular weight excluding hydrogens is 232 g/mol. The van der Waals surface area contributed by atoms with E-state index in [0.717, 1.165) is 0 Å². The molecule has 0 atom stereocenters. The van der Waals surface area contributed by atoms with Gasteiger partial charge in [0.25, 0.3) is 6.43 Å². The first-order chi connectivity index (χ1) is 8.11. The number of phenolic OH excluding ortho intramolecular Hbond substituents is 2. The second kappa shape index (κ2) is 7.03. The second-order valence-corrected chi connectivity index (χ2v) is 3.43. The van der Waals surface area contributed by atoms with Gasteiger partial charge in [0.05, 0.1) is 6.61 Å². The predicted molar refractivity (Wildman–Crippen MR) is 58.3 cm³/mol. The molecule has 1 aromatic rings. The molecule has 0 aliphatic heterocycles. The van der Waals surface area contributed by atoms with Crippen molar-refractivity contribution in [3.8, 4) is 11.5 Å². The Morgan fingerprint density at radius 2 is 2.06 bits per heavy atom. The van der Waals surface area contributed by atoms with Crippen LogP contribution in [-0.4, -0.2) is 36.4 Å². The Morgan fingerprint density at radius 1 is 1.29 bits per heavy atom. The van der Waals surface area contributed by atoms with Gasteiger partial charge in [-0.1, -0.05) is 12.1 Å². The molecule has 0 radical (unpaired) electrons. The highest BCUT2D eigenvalue weighted by molar-refractivity contribution is 5.44. The quantitative estimate of drug-likeness (QED) is 0.504. The van der Waals surface area contributed by atoms with Crippen LogP contribution in [0.1, 0.15) is 5.56 Å². The van der Waals surface area contributed by atoms with Gasteiger partial charge in [0.15, 0.2) is 11.5 Å². The van der Waals surface area contributed by atoms with Gasteiger partial charge >= 0.3 is 0 Å². The van der Waals surface area contributed by atoms with Crippen molar-refractivity contribution in [3.63, 3.8) is 0 Å². The monoisotopic (exact) mass is 247 g/mol. The van der Waals surface area contributed by atoms with Gasteiger partial charge in [0.2, 0.25) is 0 Å². The summed E-state index contributed by atoms with van der Waals surface area (Å²) in [6, 6.07) is 4.64. The minimum atomic E-state index is -2.45. The summed E-state index contributed by atoms with van der Waals surface area (Å²) in [6.07, 6.45) is -2.45. The van der Waals surface area contributed by atoms with Crippen LogP contribution in [0.2, 0.25) is 0 Å². The smallest absolute Gasteiger partial charge is 0.261 e. The summed E-state index contributed by atoms with van der Waals surface area (Å²) in [5.41, 5.74) is 0.541. The molecule has 0 spiro atoms. The first-order valence-electron chi connectivity index (χ1n) is 5.17. The molecule has 3 N–H and O–H groups in total. The molecule has 4 nitrogen and oxygen atoms in total. The van der Waals surface area contributed by atoms with Crippen LogP contribution in [0.4, 0.5) is 8.78 Å². The fourth-order valence-electron chi connectivity index (χ4n) is 1.26. The fraction of sp³-hybridized carbons (Fsp3) is 0.455. The Kier molecular flexibility index (Phi) is 5.65. The Labute approximate surface area is 97.8 Å². The summed E-state index contributed by atoms with van der Waals surface area (Å²) in [5.74, 6) is -0.355. The predicted octanol–water partition coefficient (Wildman–Crippen LogP) is 1.47. The zero-order valence-corrected chi connectivity index (χ0v) is 9.20. The molecule has 0 heterocycles. The van der Waals surface area contributed by atoms with E-state index in [4.69, 9.17) is 0 Å². The summed E-state index contributed by atoms with van der Waals surface area (Å²) < 4.78 is 28.1. The highest BCUT2D eigenvalue weighted by Crippen LogP contribution is 2.27. The van der Waals surface area contributed by atoms with Crippen LogP contribution in [0, 0.1) is 0 Å². The zero-order valence-electron chi connectivity index (χ0n) is 9.20. The van der Waals surface area contributed by atoms with E-state index in [1.54, 1.807) is 12.1 Å². The number of rotatable bonds is 7. The molecule has 0 unspecified atom stereocenters. The van der Waals surface area contributed by atoms with Gasteiger partial charge < -0.3 is 20.3 Å². The first kappa shape index (κ1) is 13.7. The van der Waals surface area contributed by atoms with E-state index >= 15 is 0 Å². The van der Waals surface area contributed by atoms with Crippen LogP contribution >= 0.6 is 0 Å². The van der Waals surface area contributed by atoms with E-state index in [9.17, 15) is 19.0 Å². The lowest BCUT2D eigenvalue weighted by atomic mass is 10.2. The Balaban J connectivity index is 2.20. The maximum atomic E-state index is 11.7. The highest BCUT2D eigenvalue weighted by atomic mass is 19.3. The number of ether oxygens (including phenoxy) is 1. The van der Waals surface area contributed by atoms with Gasteiger partial charge in [0, 0.05) is 18.7 Å². The van der Waals surface area contributed by atoms with Crippen LogP contribution < -0.4 is 5.32 Å². The van der Waals surface area contributed by atoms with Crippen LogP contribution in [0.5, 0.6) is 11.5 Å². The van der Waals surface area contributed by atoms with Gasteiger partial charge in [-0.15, -0.1) is 0 Å². The number of nitrogens with one attached hydrogen (secondary N) is 1. The minimum Gasteiger partial charge on any atom is -0.504 e. The topological polar surface area (TPSA) is 61.7 Å². The highest BCUT2D eigenvalue weighted by Gasteiger charge is 2.05. The van der Waals surface area contributed by atoms with Crippen LogP contribution in [0.15, 0.2) is 18.2 Å². The van der Waals surface area contributed by atoms with E-state index in [2.05, 4.69) is 10.1 Å². The fourth-order valence-corrected chi connectivity index (χ4v) is 1.26. The number of benzene rings is 1. The zero-order chi connectivity index (χ0) is 12.7. The molecule has 96 valence electrons. The summed E-state index contributed by atoms with van der Waals surface area (Å²) in [4.78, 5) is 0. The van der Waals surface area contributed by atoms with Crippen molar-refractivity contribution in [1.82, 2.24) is 5.32 Å². The molecular formula is C11H15F2NO3. The van der Waals surface area contributed by atoms with Crippen molar-refractivity contribution in [2.75, 3.05) is 19.8 Å². The number of para-hydroxylation sites is 1. The molecule has 0 amide bonds. The van der Waals surface area contributed by atoms with Crippen molar-refractivity contribution in [1.29, 1.82) is 0 Å². The molecule has 0 fully saturated rings. The van der Waals surface area contributed by atoms with Gasteiger partial charge in [-0.3, -0.25) is 0 Å². The van der Waals surface area contributed by atoms with E-state index in [1.165, 1.54) is 6.07 Å². The molecule has 0 aliphatic rings. The first-order valence-corrected chi connectivity index (χ1v) is 5.17. The largest absolute Gasteiger partial charge is 0.504 e. The summed E-state index contributed by atoms with van der Waals surface area (Å²) in [6.45, 7) is 0.322. The van der Waals surface area contributed by atoms with Crippen molar-refractivity contribution < 1.29 is 23.7 Å². The standard InChI is InChI=1S/C11H15F2NO3/c12-10(13)7-17-5-4-14-6-8-2-1-3-9(15)11(8)16/h1-3,10,14-16H,4-7H2. The Hall–Kier alpha value is -1.40. The lowest BCUT2D eigenvalue weighted by Gasteiger charge is -2.08. The van der Waals surface area contributed by atoms with E-state index in [0.29, 0.717) is 18.7 Å². The number of hydrogen-bond acceptors (Lipinski definition) is 4. The molecule has 0 bridgehead atoms. The van der Waals surface area contributed by atoms with Gasteiger partial charge in [-0.05, 0) is 6.07 Å².